The van der Waals surface area contributed by atoms with Crippen LogP contribution in [0, 0.1) is 6.92 Å². The largest absolute Gasteiger partial charge is 0.313 e. The maximum Gasteiger partial charge on any atom is 0.125 e. The van der Waals surface area contributed by atoms with Crippen LogP contribution in [0.3, 0.4) is 0 Å². The lowest BCUT2D eigenvalue weighted by Gasteiger charge is -2.15. The fourth-order valence-corrected chi connectivity index (χ4v) is 0.924. The van der Waals surface area contributed by atoms with Crippen LogP contribution in [0.15, 0.2) is 12.4 Å². The van der Waals surface area contributed by atoms with Gasteiger partial charge in [-0.05, 0) is 13.8 Å². The molecule has 1 atom stereocenters. The Balaban J connectivity index is 2.99. The molecule has 0 aliphatic heterocycles. The molecule has 0 unspecified atom stereocenters. The molecule has 0 fully saturated rings. The number of alkyl halides is 1. The van der Waals surface area contributed by atoms with Crippen LogP contribution in [0.5, 0.6) is 0 Å². The summed E-state index contributed by atoms with van der Waals surface area (Å²) in [5.41, 5.74) is 6.76. The van der Waals surface area contributed by atoms with Crippen LogP contribution in [-0.2, 0) is 3.55 Å². The zero-order valence-corrected chi connectivity index (χ0v) is 8.66. The standard InChI is InChI=1S/C7H10IN3/c1-5-10-3-6(4-11-5)7(2,8)9/h3-4H,9H2,1-2H3/t7-/m1/s1. The smallest absolute Gasteiger partial charge is 0.125 e. The highest BCUT2D eigenvalue weighted by Gasteiger charge is 2.16. The summed E-state index contributed by atoms with van der Waals surface area (Å²) in [6, 6.07) is 0. The molecule has 1 aromatic rings. The summed E-state index contributed by atoms with van der Waals surface area (Å²) in [4.78, 5) is 8.10. The molecular weight excluding hydrogens is 253 g/mol. The summed E-state index contributed by atoms with van der Waals surface area (Å²) < 4.78 is -0.370. The van der Waals surface area contributed by atoms with Crippen LogP contribution >= 0.6 is 22.6 Å². The van der Waals surface area contributed by atoms with Crippen molar-refractivity contribution in [1.29, 1.82) is 0 Å². The van der Waals surface area contributed by atoms with Crippen LogP contribution in [-0.4, -0.2) is 9.97 Å². The van der Waals surface area contributed by atoms with Gasteiger partial charge in [0, 0.05) is 18.0 Å². The number of aryl methyl sites for hydroxylation is 1. The third kappa shape index (κ3) is 2.37. The molecule has 0 amide bonds. The van der Waals surface area contributed by atoms with Gasteiger partial charge in [-0.3, -0.25) is 0 Å². The number of nitrogens with two attached hydrogens (primary N) is 1. The second-order valence-corrected chi connectivity index (χ2v) is 4.84. The Morgan fingerprint density at radius 3 is 2.27 bits per heavy atom. The normalized spacial score (nSPS) is 16.0. The van der Waals surface area contributed by atoms with Crippen molar-refractivity contribution in [2.24, 2.45) is 5.73 Å². The second kappa shape index (κ2) is 3.02. The molecule has 60 valence electrons. The SMILES string of the molecule is Cc1ncc([C@@](C)(N)I)cn1. The van der Waals surface area contributed by atoms with E-state index in [-0.39, 0.29) is 3.55 Å². The molecule has 4 heteroatoms. The van der Waals surface area contributed by atoms with Crippen molar-refractivity contribution < 1.29 is 0 Å². The number of rotatable bonds is 1. The van der Waals surface area contributed by atoms with E-state index in [1.54, 1.807) is 12.4 Å². The lowest BCUT2D eigenvalue weighted by Crippen LogP contribution is -2.25. The molecular formula is C7H10IN3. The highest BCUT2D eigenvalue weighted by molar-refractivity contribution is 14.1. The van der Waals surface area contributed by atoms with E-state index in [0.29, 0.717) is 0 Å². The fourth-order valence-electron chi connectivity index (χ4n) is 0.645. The summed E-state index contributed by atoms with van der Waals surface area (Å²) in [7, 11) is 0. The summed E-state index contributed by atoms with van der Waals surface area (Å²) in [6.45, 7) is 3.77. The molecule has 0 spiro atoms. The van der Waals surface area contributed by atoms with Gasteiger partial charge in [0.2, 0.25) is 0 Å². The summed E-state index contributed by atoms with van der Waals surface area (Å²) in [5.74, 6) is 0.773. The van der Waals surface area contributed by atoms with E-state index in [1.807, 2.05) is 13.8 Å². The van der Waals surface area contributed by atoms with Crippen molar-refractivity contribution in [3.05, 3.63) is 23.8 Å². The minimum atomic E-state index is -0.370. The van der Waals surface area contributed by atoms with Gasteiger partial charge >= 0.3 is 0 Å². The van der Waals surface area contributed by atoms with Crippen LogP contribution in [0.1, 0.15) is 18.3 Å². The van der Waals surface area contributed by atoms with Gasteiger partial charge < -0.3 is 5.73 Å². The van der Waals surface area contributed by atoms with Gasteiger partial charge in [-0.1, -0.05) is 22.6 Å². The van der Waals surface area contributed by atoms with Crippen LogP contribution in [0.25, 0.3) is 0 Å². The highest BCUT2D eigenvalue weighted by atomic mass is 127. The van der Waals surface area contributed by atoms with Crippen molar-refractivity contribution >= 4 is 22.6 Å². The molecule has 0 aromatic carbocycles. The lowest BCUT2D eigenvalue weighted by molar-refractivity contribution is 0.762. The summed E-state index contributed by atoms with van der Waals surface area (Å²) >= 11 is 2.15. The quantitative estimate of drug-likeness (QED) is 0.472. The van der Waals surface area contributed by atoms with E-state index in [1.165, 1.54) is 0 Å². The Kier molecular flexibility index (Phi) is 2.43. The second-order valence-electron chi connectivity index (χ2n) is 2.59. The van der Waals surface area contributed by atoms with E-state index in [0.717, 1.165) is 11.4 Å². The Morgan fingerprint density at radius 1 is 1.45 bits per heavy atom. The van der Waals surface area contributed by atoms with Crippen molar-refractivity contribution in [2.75, 3.05) is 0 Å². The first kappa shape index (κ1) is 8.86. The molecule has 0 radical (unpaired) electrons. The van der Waals surface area contributed by atoms with E-state index >= 15 is 0 Å². The Bertz CT molecular complexity index is 237. The minimum absolute atomic E-state index is 0.370. The Morgan fingerprint density at radius 2 is 1.91 bits per heavy atom. The monoisotopic (exact) mass is 263 g/mol. The zero-order chi connectivity index (χ0) is 8.48. The van der Waals surface area contributed by atoms with Crippen molar-refractivity contribution in [3.8, 4) is 0 Å². The van der Waals surface area contributed by atoms with Gasteiger partial charge in [-0.15, -0.1) is 0 Å². The molecule has 0 aliphatic carbocycles. The van der Waals surface area contributed by atoms with E-state index < -0.39 is 0 Å². The van der Waals surface area contributed by atoms with E-state index in [4.69, 9.17) is 5.73 Å². The maximum atomic E-state index is 5.81. The van der Waals surface area contributed by atoms with Crippen LogP contribution in [0.2, 0.25) is 0 Å². The topological polar surface area (TPSA) is 51.8 Å². The van der Waals surface area contributed by atoms with Gasteiger partial charge in [0.1, 0.15) is 5.82 Å². The van der Waals surface area contributed by atoms with Gasteiger partial charge in [-0.2, -0.15) is 0 Å². The number of aromatic nitrogens is 2. The number of halogens is 1. The number of hydrogen-bond donors (Lipinski definition) is 1. The van der Waals surface area contributed by atoms with Gasteiger partial charge in [0.05, 0.1) is 3.55 Å². The van der Waals surface area contributed by atoms with Gasteiger partial charge in [0.25, 0.3) is 0 Å². The molecule has 2 N–H and O–H groups in total. The predicted molar refractivity (Wildman–Crippen MR) is 52.3 cm³/mol. The molecule has 1 heterocycles. The fraction of sp³-hybridized carbons (Fsp3) is 0.429. The first-order valence-corrected chi connectivity index (χ1v) is 4.35. The highest BCUT2D eigenvalue weighted by Crippen LogP contribution is 2.22. The van der Waals surface area contributed by atoms with Crippen LogP contribution < -0.4 is 5.73 Å². The third-order valence-electron chi connectivity index (χ3n) is 1.35. The van der Waals surface area contributed by atoms with Crippen molar-refractivity contribution in [1.82, 2.24) is 9.97 Å². The minimum Gasteiger partial charge on any atom is -0.313 e. The molecule has 3 nitrogen and oxygen atoms in total. The zero-order valence-electron chi connectivity index (χ0n) is 6.50. The third-order valence-corrected chi connectivity index (χ3v) is 1.97. The van der Waals surface area contributed by atoms with Gasteiger partial charge in [-0.25, -0.2) is 9.97 Å². The van der Waals surface area contributed by atoms with Gasteiger partial charge in [0.15, 0.2) is 0 Å². The van der Waals surface area contributed by atoms with Crippen molar-refractivity contribution in [3.63, 3.8) is 0 Å². The molecule has 11 heavy (non-hydrogen) atoms. The predicted octanol–water partition coefficient (Wildman–Crippen LogP) is 1.35. The number of nitrogens with zero attached hydrogens (tertiary/aromatic N) is 2. The summed E-state index contributed by atoms with van der Waals surface area (Å²) in [5, 5.41) is 0. The lowest BCUT2D eigenvalue weighted by atomic mass is 10.2. The van der Waals surface area contributed by atoms with E-state index in [2.05, 4.69) is 32.6 Å². The maximum absolute atomic E-state index is 5.81. The average molecular weight is 263 g/mol. The molecule has 0 bridgehead atoms. The molecule has 1 rings (SSSR count). The van der Waals surface area contributed by atoms with Crippen LogP contribution in [0.4, 0.5) is 0 Å². The van der Waals surface area contributed by atoms with Crippen molar-refractivity contribution in [2.45, 2.75) is 17.4 Å². The first-order valence-electron chi connectivity index (χ1n) is 3.27. The first-order chi connectivity index (χ1) is 5.00. The average Bonchev–Trinajstić information content (AvgIpc) is 1.86. The molecule has 0 aliphatic rings. The Hall–Kier alpha value is -0.230. The Labute approximate surface area is 79.6 Å². The summed E-state index contributed by atoms with van der Waals surface area (Å²) in [6.07, 6.45) is 3.52. The van der Waals surface area contributed by atoms with E-state index in [9.17, 15) is 0 Å². The number of hydrogen-bond acceptors (Lipinski definition) is 3. The molecule has 0 saturated heterocycles. The molecule has 0 saturated carbocycles. The molecule has 1 aromatic heterocycles.